The predicted octanol–water partition coefficient (Wildman–Crippen LogP) is 15.3. The minimum atomic E-state index is -0.314. The highest BCUT2D eigenvalue weighted by Crippen LogP contribution is 2.45. The SMILES string of the molecule is Cc1ccc(-c2ccnc(-c3cc(-c4ccccc4)cc(-c4cccc5c4nc(-c4cc(C(C)(C)C)cc(C(C)(C)C)c4O)n5-c4cc(C)cc(-c5ccccc5)c4)c3)c2)cc1. The normalized spacial score (nSPS) is 11.9. The molecule has 1 N–H and O–H groups in total. The lowest BCUT2D eigenvalue weighted by Crippen LogP contribution is -2.17. The van der Waals surface area contributed by atoms with Gasteiger partial charge in [-0.15, -0.1) is 0 Å². The summed E-state index contributed by atoms with van der Waals surface area (Å²) >= 11 is 0. The molecule has 0 bridgehead atoms. The number of phenolic OH excluding ortho intramolecular Hbond substituents is 1. The average Bonchev–Trinajstić information content (AvgIpc) is 3.66. The third-order valence-corrected chi connectivity index (χ3v) is 11.9. The van der Waals surface area contributed by atoms with Gasteiger partial charge in [0.05, 0.1) is 22.3 Å². The van der Waals surface area contributed by atoms with Gasteiger partial charge in [-0.3, -0.25) is 9.55 Å². The Labute approximate surface area is 366 Å². The molecule has 7 aromatic carbocycles. The molecule has 9 aromatic rings. The summed E-state index contributed by atoms with van der Waals surface area (Å²) in [6.07, 6.45) is 1.91. The van der Waals surface area contributed by atoms with Crippen molar-refractivity contribution in [2.45, 2.75) is 66.2 Å². The molecule has 0 aliphatic carbocycles. The molecule has 0 aliphatic rings. The Morgan fingerprint density at radius 1 is 0.468 bits per heavy atom. The molecule has 0 unspecified atom stereocenters. The molecule has 0 amide bonds. The van der Waals surface area contributed by atoms with E-state index in [1.54, 1.807) is 0 Å². The van der Waals surface area contributed by atoms with Crippen molar-refractivity contribution < 1.29 is 5.11 Å². The van der Waals surface area contributed by atoms with E-state index in [-0.39, 0.29) is 16.6 Å². The van der Waals surface area contributed by atoms with Crippen LogP contribution in [0.15, 0.2) is 170 Å². The van der Waals surface area contributed by atoms with E-state index in [1.165, 1.54) is 5.56 Å². The van der Waals surface area contributed by atoms with Gasteiger partial charge in [-0.1, -0.05) is 156 Å². The number of benzene rings is 7. The second-order valence-corrected chi connectivity index (χ2v) is 18.7. The van der Waals surface area contributed by atoms with Crippen molar-refractivity contribution in [2.75, 3.05) is 0 Å². The van der Waals surface area contributed by atoms with Gasteiger partial charge in [-0.2, -0.15) is 0 Å². The van der Waals surface area contributed by atoms with Crippen molar-refractivity contribution in [1.29, 1.82) is 0 Å². The van der Waals surface area contributed by atoms with Gasteiger partial charge in [0.1, 0.15) is 11.6 Å². The minimum Gasteiger partial charge on any atom is -0.507 e. The third-order valence-electron chi connectivity index (χ3n) is 11.9. The van der Waals surface area contributed by atoms with E-state index < -0.39 is 0 Å². The highest BCUT2D eigenvalue weighted by Gasteiger charge is 2.29. The molecule has 62 heavy (non-hydrogen) atoms. The number of phenols is 1. The molecule has 0 aliphatic heterocycles. The molecule has 0 radical (unpaired) electrons. The van der Waals surface area contributed by atoms with Crippen molar-refractivity contribution in [3.8, 4) is 78.6 Å². The van der Waals surface area contributed by atoms with Crippen molar-refractivity contribution in [3.63, 3.8) is 0 Å². The van der Waals surface area contributed by atoms with Crippen LogP contribution >= 0.6 is 0 Å². The quantitative estimate of drug-likeness (QED) is 0.174. The smallest absolute Gasteiger partial charge is 0.149 e. The Kier molecular flexibility index (Phi) is 10.3. The summed E-state index contributed by atoms with van der Waals surface area (Å²) in [5.41, 5.74) is 18.1. The zero-order valence-electron chi connectivity index (χ0n) is 37.0. The molecule has 0 spiro atoms. The van der Waals surface area contributed by atoms with E-state index in [9.17, 15) is 5.11 Å². The van der Waals surface area contributed by atoms with Gasteiger partial charge in [-0.05, 0) is 129 Å². The van der Waals surface area contributed by atoms with Gasteiger partial charge < -0.3 is 5.11 Å². The topological polar surface area (TPSA) is 50.9 Å². The maximum atomic E-state index is 12.4. The van der Waals surface area contributed by atoms with Crippen LogP contribution in [0.3, 0.4) is 0 Å². The van der Waals surface area contributed by atoms with Crippen molar-refractivity contribution in [2.24, 2.45) is 0 Å². The maximum absolute atomic E-state index is 12.4. The predicted molar refractivity (Wildman–Crippen MR) is 260 cm³/mol. The van der Waals surface area contributed by atoms with Gasteiger partial charge in [0.15, 0.2) is 0 Å². The number of pyridine rings is 1. The number of nitrogens with zero attached hydrogens (tertiary/aromatic N) is 3. The van der Waals surface area contributed by atoms with Crippen LogP contribution in [0, 0.1) is 13.8 Å². The molecule has 4 nitrogen and oxygen atoms in total. The Balaban J connectivity index is 1.33. The molecule has 0 fully saturated rings. The van der Waals surface area contributed by atoms with Gasteiger partial charge in [0.25, 0.3) is 0 Å². The number of aryl methyl sites for hydroxylation is 2. The summed E-state index contributed by atoms with van der Waals surface area (Å²) in [5.74, 6) is 0.950. The van der Waals surface area contributed by atoms with E-state index in [0.717, 1.165) is 89.2 Å². The van der Waals surface area contributed by atoms with E-state index in [2.05, 4.69) is 224 Å². The molecule has 0 saturated heterocycles. The Hall–Kier alpha value is -7.04. The maximum Gasteiger partial charge on any atom is 0.149 e. The van der Waals surface area contributed by atoms with E-state index in [1.807, 2.05) is 6.20 Å². The molecule has 9 rings (SSSR count). The highest BCUT2D eigenvalue weighted by atomic mass is 16.3. The van der Waals surface area contributed by atoms with Gasteiger partial charge in [0.2, 0.25) is 0 Å². The fourth-order valence-electron chi connectivity index (χ4n) is 8.52. The summed E-state index contributed by atoms with van der Waals surface area (Å²) in [5, 5.41) is 12.4. The first-order valence-corrected chi connectivity index (χ1v) is 21.5. The lowest BCUT2D eigenvalue weighted by atomic mass is 9.79. The second kappa shape index (κ2) is 15.8. The molecular formula is C58H53N3O. The largest absolute Gasteiger partial charge is 0.507 e. The fourth-order valence-corrected chi connectivity index (χ4v) is 8.52. The number of hydrogen-bond acceptors (Lipinski definition) is 3. The van der Waals surface area contributed by atoms with Crippen LogP contribution in [0.1, 0.15) is 63.8 Å². The standard InChI is InChI=1S/C58H53N3O/c1-37-22-24-41(25-23-37)42-26-27-59-52(34-42)46-31-44(40-18-13-10-14-19-40)30-45(32-46)49-20-15-21-53-54(49)60-56(50-35-47(57(3,4)5)36-51(55(50)62)58(6,7)8)61(53)48-29-38(2)28-43(33-48)39-16-11-9-12-17-39/h9-36,62H,1-8H3. The number of aromatic nitrogens is 3. The van der Waals surface area contributed by atoms with Crippen LogP contribution in [0.5, 0.6) is 5.75 Å². The zero-order chi connectivity index (χ0) is 43.3. The molecule has 4 heteroatoms. The van der Waals surface area contributed by atoms with Crippen molar-refractivity contribution >= 4 is 11.0 Å². The highest BCUT2D eigenvalue weighted by molar-refractivity contribution is 5.98. The minimum absolute atomic E-state index is 0.173. The Morgan fingerprint density at radius 3 is 1.76 bits per heavy atom. The molecule has 2 heterocycles. The summed E-state index contributed by atoms with van der Waals surface area (Å²) in [4.78, 5) is 10.6. The average molecular weight is 808 g/mol. The molecule has 2 aromatic heterocycles. The first-order valence-electron chi connectivity index (χ1n) is 21.5. The first kappa shape index (κ1) is 40.4. The number of para-hydroxylation sites is 1. The van der Waals surface area contributed by atoms with Gasteiger partial charge in [-0.25, -0.2) is 4.98 Å². The third kappa shape index (κ3) is 7.85. The van der Waals surface area contributed by atoms with Crippen LogP contribution in [-0.4, -0.2) is 19.6 Å². The molecular weight excluding hydrogens is 755 g/mol. The monoisotopic (exact) mass is 807 g/mol. The zero-order valence-corrected chi connectivity index (χ0v) is 37.0. The number of aromatic hydroxyl groups is 1. The van der Waals surface area contributed by atoms with Crippen LogP contribution in [0.25, 0.3) is 83.9 Å². The number of rotatable bonds is 7. The summed E-state index contributed by atoms with van der Waals surface area (Å²) in [6.45, 7) is 17.4. The van der Waals surface area contributed by atoms with Crippen LogP contribution in [0.4, 0.5) is 0 Å². The molecule has 0 saturated carbocycles. The lowest BCUT2D eigenvalue weighted by Gasteiger charge is -2.27. The summed E-state index contributed by atoms with van der Waals surface area (Å²) < 4.78 is 2.25. The van der Waals surface area contributed by atoms with E-state index in [4.69, 9.17) is 9.97 Å². The second-order valence-electron chi connectivity index (χ2n) is 18.7. The number of hydrogen-bond donors (Lipinski definition) is 1. The number of fused-ring (bicyclic) bond motifs is 1. The van der Waals surface area contributed by atoms with Crippen molar-refractivity contribution in [3.05, 3.63) is 192 Å². The lowest BCUT2D eigenvalue weighted by molar-refractivity contribution is 0.446. The Bertz CT molecular complexity index is 3090. The van der Waals surface area contributed by atoms with Gasteiger partial charge in [0, 0.05) is 28.6 Å². The molecule has 306 valence electrons. The van der Waals surface area contributed by atoms with E-state index >= 15 is 0 Å². The fraction of sp³-hybridized carbons (Fsp3) is 0.172. The van der Waals surface area contributed by atoms with Crippen molar-refractivity contribution in [1.82, 2.24) is 14.5 Å². The van der Waals surface area contributed by atoms with E-state index in [0.29, 0.717) is 11.4 Å². The van der Waals surface area contributed by atoms with Gasteiger partial charge >= 0.3 is 0 Å². The van der Waals surface area contributed by atoms with Crippen LogP contribution in [-0.2, 0) is 10.8 Å². The summed E-state index contributed by atoms with van der Waals surface area (Å²) in [6, 6.07) is 58.2. The van der Waals surface area contributed by atoms with Crippen LogP contribution in [0.2, 0.25) is 0 Å². The van der Waals surface area contributed by atoms with Crippen LogP contribution < -0.4 is 0 Å². The first-order chi connectivity index (χ1) is 29.7. The number of imidazole rings is 1. The molecule has 0 atom stereocenters. The Morgan fingerprint density at radius 2 is 1.10 bits per heavy atom. The summed E-state index contributed by atoms with van der Waals surface area (Å²) in [7, 11) is 0.